The van der Waals surface area contributed by atoms with E-state index in [1.807, 2.05) is 0 Å². The van der Waals surface area contributed by atoms with Gasteiger partial charge in [-0.3, -0.25) is 4.79 Å². The largest absolute Gasteiger partial charge is 0.392 e. The number of carbonyl (C=O) groups excluding carboxylic acids is 1. The van der Waals surface area contributed by atoms with Crippen LogP contribution in [0, 0.1) is 11.8 Å². The Morgan fingerprint density at radius 2 is 1.90 bits per heavy atom. The fourth-order valence-electron chi connectivity index (χ4n) is 2.21. The van der Waals surface area contributed by atoms with E-state index in [1.54, 1.807) is 0 Å². The van der Waals surface area contributed by atoms with Crippen molar-refractivity contribution in [3.05, 3.63) is 0 Å². The molecule has 2 nitrogen and oxygen atoms in total. The molecular formula is C8H12O2. The second-order valence-corrected chi connectivity index (χ2v) is 3.43. The molecule has 1 N–H and O–H groups in total. The second-order valence-electron chi connectivity index (χ2n) is 3.43. The van der Waals surface area contributed by atoms with Crippen molar-refractivity contribution in [3.63, 3.8) is 0 Å². The SMILES string of the molecule is O=C1[C@H]2CC[C@@H](O)[C@@H]1CC2. The third kappa shape index (κ3) is 0.717. The van der Waals surface area contributed by atoms with E-state index in [4.69, 9.17) is 0 Å². The van der Waals surface area contributed by atoms with E-state index in [2.05, 4.69) is 0 Å². The average Bonchev–Trinajstić information content (AvgIpc) is 2.13. The Hall–Kier alpha value is -0.370. The van der Waals surface area contributed by atoms with Crippen LogP contribution in [0.4, 0.5) is 0 Å². The summed E-state index contributed by atoms with van der Waals surface area (Å²) in [6.45, 7) is 0. The second kappa shape index (κ2) is 2.06. The molecule has 3 atom stereocenters. The van der Waals surface area contributed by atoms with Crippen LogP contribution in [0.1, 0.15) is 25.7 Å². The summed E-state index contributed by atoms with van der Waals surface area (Å²) in [5.74, 6) is 0.658. The molecule has 2 saturated carbocycles. The predicted octanol–water partition coefficient (Wildman–Crippen LogP) is 0.736. The van der Waals surface area contributed by atoms with Gasteiger partial charge in [0.15, 0.2) is 0 Å². The zero-order valence-electron chi connectivity index (χ0n) is 5.92. The van der Waals surface area contributed by atoms with E-state index >= 15 is 0 Å². The zero-order valence-corrected chi connectivity index (χ0v) is 5.92. The van der Waals surface area contributed by atoms with Crippen LogP contribution in [0.5, 0.6) is 0 Å². The molecule has 0 aliphatic heterocycles. The standard InChI is InChI=1S/C8H12O2/c9-7-4-2-5-1-3-6(7)8(5)10/h5-7,9H,1-4H2/t5-,6+,7-/m1/s1. The minimum atomic E-state index is -0.314. The number of hydrogen-bond acceptors (Lipinski definition) is 2. The molecule has 2 rings (SSSR count). The van der Waals surface area contributed by atoms with Crippen LogP contribution >= 0.6 is 0 Å². The quantitative estimate of drug-likeness (QED) is 0.538. The van der Waals surface area contributed by atoms with Gasteiger partial charge in [-0.25, -0.2) is 0 Å². The minimum Gasteiger partial charge on any atom is -0.392 e. The molecule has 0 unspecified atom stereocenters. The Kier molecular flexibility index (Phi) is 1.31. The summed E-state index contributed by atoms with van der Waals surface area (Å²) < 4.78 is 0. The number of carbonyl (C=O) groups is 1. The number of fused-ring (bicyclic) bond motifs is 2. The van der Waals surface area contributed by atoms with Crippen LogP contribution < -0.4 is 0 Å². The van der Waals surface area contributed by atoms with Gasteiger partial charge < -0.3 is 5.11 Å². The maximum atomic E-state index is 11.2. The Labute approximate surface area is 60.2 Å². The number of hydrogen-bond donors (Lipinski definition) is 1. The highest BCUT2D eigenvalue weighted by Crippen LogP contribution is 2.38. The fraction of sp³-hybridized carbons (Fsp3) is 0.875. The van der Waals surface area contributed by atoms with Crippen molar-refractivity contribution < 1.29 is 9.90 Å². The maximum absolute atomic E-state index is 11.2. The smallest absolute Gasteiger partial charge is 0.141 e. The van der Waals surface area contributed by atoms with Crippen LogP contribution in [-0.4, -0.2) is 17.0 Å². The van der Waals surface area contributed by atoms with Crippen LogP contribution in [0.25, 0.3) is 0 Å². The van der Waals surface area contributed by atoms with Gasteiger partial charge in [0.2, 0.25) is 0 Å². The highest BCUT2D eigenvalue weighted by molar-refractivity contribution is 5.86. The van der Waals surface area contributed by atoms with Crippen LogP contribution in [-0.2, 0) is 4.79 Å². The molecule has 0 heterocycles. The first kappa shape index (κ1) is 6.35. The molecule has 0 radical (unpaired) electrons. The van der Waals surface area contributed by atoms with Crippen molar-refractivity contribution in [2.24, 2.45) is 11.8 Å². The van der Waals surface area contributed by atoms with E-state index < -0.39 is 0 Å². The molecule has 0 aromatic carbocycles. The summed E-state index contributed by atoms with van der Waals surface area (Å²) in [4.78, 5) is 11.2. The molecule has 2 aliphatic rings. The third-order valence-corrected chi connectivity index (χ3v) is 2.87. The maximum Gasteiger partial charge on any atom is 0.141 e. The summed E-state index contributed by atoms with van der Waals surface area (Å²) in [5, 5.41) is 9.35. The Morgan fingerprint density at radius 1 is 1.20 bits per heavy atom. The van der Waals surface area contributed by atoms with E-state index in [0.717, 1.165) is 25.7 Å². The number of Topliss-reactive ketones (excluding diaryl/α,β-unsaturated/α-hetero) is 1. The van der Waals surface area contributed by atoms with E-state index in [0.29, 0.717) is 11.7 Å². The first-order valence-corrected chi connectivity index (χ1v) is 4.01. The van der Waals surface area contributed by atoms with E-state index in [1.165, 1.54) is 0 Å². The lowest BCUT2D eigenvalue weighted by molar-refractivity contribution is -0.129. The molecule has 0 saturated heterocycles. The number of rotatable bonds is 0. The Morgan fingerprint density at radius 3 is 2.60 bits per heavy atom. The molecule has 0 aromatic rings. The molecular weight excluding hydrogens is 128 g/mol. The van der Waals surface area contributed by atoms with Crippen molar-refractivity contribution in [1.29, 1.82) is 0 Å². The zero-order chi connectivity index (χ0) is 7.14. The average molecular weight is 140 g/mol. The van der Waals surface area contributed by atoms with Crippen LogP contribution in [0.3, 0.4) is 0 Å². The highest BCUT2D eigenvalue weighted by Gasteiger charge is 2.42. The highest BCUT2D eigenvalue weighted by atomic mass is 16.3. The molecule has 2 bridgehead atoms. The van der Waals surface area contributed by atoms with Gasteiger partial charge in [0, 0.05) is 11.8 Å². The van der Waals surface area contributed by atoms with Gasteiger partial charge in [-0.05, 0) is 25.7 Å². The molecule has 2 aliphatic carbocycles. The summed E-state index contributed by atoms with van der Waals surface area (Å²) in [6, 6.07) is 0. The predicted molar refractivity (Wildman–Crippen MR) is 36.5 cm³/mol. The minimum absolute atomic E-state index is 0.0127. The Balaban J connectivity index is 2.20. The third-order valence-electron chi connectivity index (χ3n) is 2.87. The summed E-state index contributed by atoms with van der Waals surface area (Å²) in [6.07, 6.45) is 3.43. The van der Waals surface area contributed by atoms with Gasteiger partial charge in [0.05, 0.1) is 6.10 Å². The molecule has 2 heteroatoms. The lowest BCUT2D eigenvalue weighted by Crippen LogP contribution is -2.31. The van der Waals surface area contributed by atoms with Crippen molar-refractivity contribution in [2.75, 3.05) is 0 Å². The fourth-order valence-corrected chi connectivity index (χ4v) is 2.21. The first-order valence-electron chi connectivity index (χ1n) is 4.01. The van der Waals surface area contributed by atoms with Gasteiger partial charge in [0.25, 0.3) is 0 Å². The normalized spacial score (nSPS) is 46.1. The Bertz CT molecular complexity index is 165. The summed E-state index contributed by atoms with van der Waals surface area (Å²) in [5.41, 5.74) is 0. The van der Waals surface area contributed by atoms with Gasteiger partial charge >= 0.3 is 0 Å². The summed E-state index contributed by atoms with van der Waals surface area (Å²) in [7, 11) is 0. The van der Waals surface area contributed by atoms with Crippen molar-refractivity contribution in [3.8, 4) is 0 Å². The molecule has 0 spiro atoms. The molecule has 10 heavy (non-hydrogen) atoms. The van der Waals surface area contributed by atoms with Gasteiger partial charge in [-0.1, -0.05) is 0 Å². The van der Waals surface area contributed by atoms with E-state index in [9.17, 15) is 9.90 Å². The van der Waals surface area contributed by atoms with Gasteiger partial charge in [-0.2, -0.15) is 0 Å². The number of ketones is 1. The van der Waals surface area contributed by atoms with Crippen molar-refractivity contribution in [1.82, 2.24) is 0 Å². The number of aliphatic hydroxyl groups excluding tert-OH is 1. The number of aliphatic hydroxyl groups is 1. The topological polar surface area (TPSA) is 37.3 Å². The molecule has 0 amide bonds. The van der Waals surface area contributed by atoms with Gasteiger partial charge in [-0.15, -0.1) is 0 Å². The molecule has 56 valence electrons. The van der Waals surface area contributed by atoms with Gasteiger partial charge in [0.1, 0.15) is 5.78 Å². The van der Waals surface area contributed by atoms with Crippen molar-refractivity contribution in [2.45, 2.75) is 31.8 Å². The first-order chi connectivity index (χ1) is 4.79. The molecule has 2 fully saturated rings. The summed E-state index contributed by atoms with van der Waals surface area (Å²) >= 11 is 0. The van der Waals surface area contributed by atoms with Crippen LogP contribution in [0.15, 0.2) is 0 Å². The van der Waals surface area contributed by atoms with E-state index in [-0.39, 0.29) is 12.0 Å². The van der Waals surface area contributed by atoms with Crippen LogP contribution in [0.2, 0.25) is 0 Å². The van der Waals surface area contributed by atoms with Crippen molar-refractivity contribution >= 4 is 5.78 Å². The lowest BCUT2D eigenvalue weighted by atomic mass is 9.86. The molecule has 0 aromatic heterocycles. The monoisotopic (exact) mass is 140 g/mol. The lowest BCUT2D eigenvalue weighted by Gasteiger charge is -2.22.